The Bertz CT molecular complexity index is 1020. The monoisotopic (exact) mass is 383 g/mol. The third-order valence-corrected chi connectivity index (χ3v) is 3.62. The number of hydrogen-bond acceptors (Lipinski definition) is 6. The highest BCUT2D eigenvalue weighted by atomic mass is 19.4. The lowest BCUT2D eigenvalue weighted by Crippen LogP contribution is -2.10. The van der Waals surface area contributed by atoms with Gasteiger partial charge < -0.3 is 10.1 Å². The van der Waals surface area contributed by atoms with E-state index in [2.05, 4.69) is 25.1 Å². The number of ether oxygens (including phenoxy) is 1. The Labute approximate surface area is 150 Å². The van der Waals surface area contributed by atoms with Crippen molar-refractivity contribution in [3.8, 4) is 0 Å². The molecule has 0 fully saturated rings. The van der Waals surface area contributed by atoms with Crippen LogP contribution in [0.25, 0.3) is 5.78 Å². The fourth-order valence-electron chi connectivity index (χ4n) is 2.37. The number of hydrogen-bond donors (Lipinski definition) is 1. The minimum Gasteiger partial charge on any atom is -0.465 e. The minimum absolute atomic E-state index is 0.115. The molecule has 2 aromatic heterocycles. The molecule has 0 bridgehead atoms. The molecule has 0 amide bonds. The van der Waals surface area contributed by atoms with E-state index >= 15 is 0 Å². The second-order valence-electron chi connectivity index (χ2n) is 5.58. The number of carbonyl (C=O) groups is 1. The van der Waals surface area contributed by atoms with Crippen LogP contribution in [0.1, 0.15) is 27.4 Å². The van der Waals surface area contributed by atoms with Crippen LogP contribution in [0.5, 0.6) is 0 Å². The highest BCUT2D eigenvalue weighted by Gasteiger charge is 2.36. The second kappa shape index (κ2) is 6.82. The minimum atomic E-state index is -4.72. The van der Waals surface area contributed by atoms with Crippen LogP contribution in [0.2, 0.25) is 0 Å². The summed E-state index contributed by atoms with van der Waals surface area (Å²) in [4.78, 5) is 18.8. The standard InChI is InChI=1S/C16H13F4N5O2/c1-8-5-12(25-15(22-8)23-14(24-25)16(18,19)20)21-7-10-6-9(13(26)27-2)3-4-11(10)17/h3-6,21H,7H2,1-2H3. The van der Waals surface area contributed by atoms with E-state index in [0.29, 0.717) is 5.69 Å². The molecule has 1 aromatic carbocycles. The molecule has 1 N–H and O–H groups in total. The molecule has 3 rings (SSSR count). The number of halogens is 4. The number of aryl methyl sites for hydroxylation is 1. The zero-order chi connectivity index (χ0) is 19.8. The summed E-state index contributed by atoms with van der Waals surface area (Å²) in [6.07, 6.45) is -4.72. The van der Waals surface area contributed by atoms with E-state index in [4.69, 9.17) is 0 Å². The Balaban J connectivity index is 1.93. The average molecular weight is 383 g/mol. The van der Waals surface area contributed by atoms with Crippen LogP contribution in [-0.4, -0.2) is 32.7 Å². The van der Waals surface area contributed by atoms with E-state index < -0.39 is 23.8 Å². The van der Waals surface area contributed by atoms with Gasteiger partial charge in [0.1, 0.15) is 11.6 Å². The van der Waals surface area contributed by atoms with Crippen molar-refractivity contribution >= 4 is 17.6 Å². The Morgan fingerprint density at radius 3 is 2.67 bits per heavy atom. The molecule has 11 heteroatoms. The predicted molar refractivity (Wildman–Crippen MR) is 85.6 cm³/mol. The highest BCUT2D eigenvalue weighted by molar-refractivity contribution is 5.89. The Hall–Kier alpha value is -3.24. The van der Waals surface area contributed by atoms with Gasteiger partial charge in [-0.05, 0) is 25.1 Å². The molecular formula is C16H13F4N5O2. The van der Waals surface area contributed by atoms with Crippen molar-refractivity contribution < 1.29 is 27.1 Å². The maximum atomic E-state index is 14.0. The number of carbonyl (C=O) groups excluding carboxylic acids is 1. The molecule has 0 unspecified atom stereocenters. The van der Waals surface area contributed by atoms with Gasteiger partial charge in [-0.2, -0.15) is 22.7 Å². The molecule has 0 radical (unpaired) electrons. The van der Waals surface area contributed by atoms with Gasteiger partial charge in [0.2, 0.25) is 0 Å². The van der Waals surface area contributed by atoms with Gasteiger partial charge in [0.05, 0.1) is 12.7 Å². The van der Waals surface area contributed by atoms with Gasteiger partial charge in [0.25, 0.3) is 11.6 Å². The number of benzene rings is 1. The summed E-state index contributed by atoms with van der Waals surface area (Å²) in [5.41, 5.74) is 0.665. The smallest absolute Gasteiger partial charge is 0.453 e. The number of fused-ring (bicyclic) bond motifs is 1. The molecule has 0 atom stereocenters. The molecule has 0 saturated carbocycles. The van der Waals surface area contributed by atoms with Gasteiger partial charge in [-0.3, -0.25) is 0 Å². The maximum Gasteiger partial charge on any atom is 0.453 e. The SMILES string of the molecule is COC(=O)c1ccc(F)c(CNc2cc(C)nc3nc(C(F)(F)F)nn23)c1. The first-order chi connectivity index (χ1) is 12.7. The van der Waals surface area contributed by atoms with Gasteiger partial charge in [-0.15, -0.1) is 5.10 Å². The lowest BCUT2D eigenvalue weighted by molar-refractivity contribution is -0.144. The van der Waals surface area contributed by atoms with Crippen LogP contribution in [-0.2, 0) is 17.5 Å². The van der Waals surface area contributed by atoms with E-state index in [-0.39, 0.29) is 29.3 Å². The van der Waals surface area contributed by atoms with Gasteiger partial charge >= 0.3 is 12.1 Å². The summed E-state index contributed by atoms with van der Waals surface area (Å²) in [6, 6.07) is 5.12. The Morgan fingerprint density at radius 1 is 1.26 bits per heavy atom. The first kappa shape index (κ1) is 18.5. The molecular weight excluding hydrogens is 370 g/mol. The van der Waals surface area contributed by atoms with Gasteiger partial charge in [0, 0.05) is 23.9 Å². The summed E-state index contributed by atoms with van der Waals surface area (Å²) in [5, 5.41) is 6.20. The summed E-state index contributed by atoms with van der Waals surface area (Å²) >= 11 is 0. The van der Waals surface area contributed by atoms with Crippen molar-refractivity contribution in [3.63, 3.8) is 0 Å². The lowest BCUT2D eigenvalue weighted by atomic mass is 10.1. The quantitative estimate of drug-likeness (QED) is 0.551. The second-order valence-corrected chi connectivity index (χ2v) is 5.58. The van der Waals surface area contributed by atoms with Crippen molar-refractivity contribution in [2.75, 3.05) is 12.4 Å². The molecule has 0 aliphatic carbocycles. The van der Waals surface area contributed by atoms with Crippen LogP contribution in [0.4, 0.5) is 23.4 Å². The van der Waals surface area contributed by atoms with Crippen molar-refractivity contribution in [1.29, 1.82) is 0 Å². The van der Waals surface area contributed by atoms with Gasteiger partial charge in [0.15, 0.2) is 0 Å². The van der Waals surface area contributed by atoms with E-state index in [1.165, 1.54) is 25.3 Å². The first-order valence-corrected chi connectivity index (χ1v) is 7.61. The van der Waals surface area contributed by atoms with Crippen LogP contribution >= 0.6 is 0 Å². The third-order valence-electron chi connectivity index (χ3n) is 3.62. The first-order valence-electron chi connectivity index (χ1n) is 7.61. The number of rotatable bonds is 4. The number of aromatic nitrogens is 4. The predicted octanol–water partition coefficient (Wildman–Crippen LogP) is 2.99. The van der Waals surface area contributed by atoms with Crippen molar-refractivity contribution in [2.24, 2.45) is 0 Å². The van der Waals surface area contributed by atoms with E-state index in [1.807, 2.05) is 0 Å². The largest absolute Gasteiger partial charge is 0.465 e. The van der Waals surface area contributed by atoms with Crippen molar-refractivity contribution in [1.82, 2.24) is 19.6 Å². The molecule has 0 aliphatic rings. The lowest BCUT2D eigenvalue weighted by Gasteiger charge is -2.10. The number of methoxy groups -OCH3 is 1. The fourth-order valence-corrected chi connectivity index (χ4v) is 2.37. The van der Waals surface area contributed by atoms with E-state index in [0.717, 1.165) is 10.6 Å². The number of anilines is 1. The molecule has 142 valence electrons. The van der Waals surface area contributed by atoms with Crippen LogP contribution in [0.3, 0.4) is 0 Å². The van der Waals surface area contributed by atoms with Gasteiger partial charge in [-0.25, -0.2) is 14.2 Å². The average Bonchev–Trinajstić information content (AvgIpc) is 3.04. The maximum absolute atomic E-state index is 14.0. The van der Waals surface area contributed by atoms with E-state index in [1.54, 1.807) is 6.92 Å². The molecule has 3 aromatic rings. The van der Waals surface area contributed by atoms with Crippen molar-refractivity contribution in [3.05, 3.63) is 52.7 Å². The molecule has 2 heterocycles. The normalized spacial score (nSPS) is 11.6. The van der Waals surface area contributed by atoms with Crippen LogP contribution in [0.15, 0.2) is 24.3 Å². The molecule has 27 heavy (non-hydrogen) atoms. The number of alkyl halides is 3. The summed E-state index contributed by atoms with van der Waals surface area (Å²) in [5.74, 6) is -2.66. The van der Waals surface area contributed by atoms with E-state index in [9.17, 15) is 22.4 Å². The number of nitrogens with zero attached hydrogens (tertiary/aromatic N) is 4. The zero-order valence-electron chi connectivity index (χ0n) is 14.1. The topological polar surface area (TPSA) is 81.4 Å². The highest BCUT2D eigenvalue weighted by Crippen LogP contribution is 2.27. The zero-order valence-corrected chi connectivity index (χ0v) is 14.1. The Kier molecular flexibility index (Phi) is 4.68. The molecule has 0 aliphatic heterocycles. The number of esters is 1. The van der Waals surface area contributed by atoms with Gasteiger partial charge in [-0.1, -0.05) is 0 Å². The molecule has 0 spiro atoms. The molecule has 7 nitrogen and oxygen atoms in total. The number of nitrogens with one attached hydrogen (secondary N) is 1. The summed E-state index contributed by atoms with van der Waals surface area (Å²) in [7, 11) is 1.20. The van der Waals surface area contributed by atoms with Crippen LogP contribution < -0.4 is 5.32 Å². The Morgan fingerprint density at radius 2 is 2.00 bits per heavy atom. The summed E-state index contributed by atoms with van der Waals surface area (Å²) in [6.45, 7) is 1.46. The molecule has 0 saturated heterocycles. The third kappa shape index (κ3) is 3.81. The fraction of sp³-hybridized carbons (Fsp3) is 0.250. The van der Waals surface area contributed by atoms with Crippen LogP contribution in [0, 0.1) is 12.7 Å². The van der Waals surface area contributed by atoms with Crippen molar-refractivity contribution in [2.45, 2.75) is 19.6 Å². The summed E-state index contributed by atoms with van der Waals surface area (Å²) < 4.78 is 58.0.